The van der Waals surface area contributed by atoms with Crippen molar-refractivity contribution in [2.24, 2.45) is 0 Å². The molecule has 1 aromatic heterocycles. The Bertz CT molecular complexity index is 745. The van der Waals surface area contributed by atoms with Crippen LogP contribution in [0.25, 0.3) is 5.57 Å². The zero-order valence-corrected chi connectivity index (χ0v) is 13.3. The molecule has 1 aromatic carbocycles. The molecule has 0 aliphatic rings. The summed E-state index contributed by atoms with van der Waals surface area (Å²) >= 11 is 0. The predicted molar refractivity (Wildman–Crippen MR) is 90.5 cm³/mol. The molecule has 0 saturated carbocycles. The van der Waals surface area contributed by atoms with Crippen molar-refractivity contribution in [3.8, 4) is 0 Å². The van der Waals surface area contributed by atoms with Gasteiger partial charge in [0.2, 0.25) is 11.8 Å². The van der Waals surface area contributed by atoms with E-state index in [9.17, 15) is 14.0 Å². The maximum absolute atomic E-state index is 13.2. The Morgan fingerprint density at radius 3 is 2.67 bits per heavy atom. The molecule has 0 bridgehead atoms. The Balaban J connectivity index is 1.78. The van der Waals surface area contributed by atoms with Crippen LogP contribution in [0.3, 0.4) is 0 Å². The molecule has 0 aliphatic heterocycles. The number of nitrogens with zero attached hydrogens (tertiary/aromatic N) is 1. The molecule has 124 valence electrons. The summed E-state index contributed by atoms with van der Waals surface area (Å²) in [5.74, 6) is -0.880. The molecule has 0 fully saturated rings. The zero-order chi connectivity index (χ0) is 17.4. The highest BCUT2D eigenvalue weighted by molar-refractivity contribution is 5.95. The van der Waals surface area contributed by atoms with Crippen molar-refractivity contribution in [2.45, 2.75) is 13.3 Å². The van der Waals surface area contributed by atoms with E-state index >= 15 is 0 Å². The third kappa shape index (κ3) is 5.64. The van der Waals surface area contributed by atoms with Crippen LogP contribution < -0.4 is 10.6 Å². The molecule has 0 aliphatic carbocycles. The average Bonchev–Trinajstić information content (AvgIpc) is 2.55. The number of aromatic nitrogens is 1. The summed E-state index contributed by atoms with van der Waals surface area (Å²) in [7, 11) is 0. The van der Waals surface area contributed by atoms with Crippen LogP contribution in [0.15, 0.2) is 54.9 Å². The smallest absolute Gasteiger partial charge is 0.244 e. The minimum atomic E-state index is -0.353. The summed E-state index contributed by atoms with van der Waals surface area (Å²) in [6.45, 7) is 1.94. The first-order valence-corrected chi connectivity index (χ1v) is 7.46. The van der Waals surface area contributed by atoms with Gasteiger partial charge in [-0.05, 0) is 42.3 Å². The number of hydrogen-bond acceptors (Lipinski definition) is 3. The molecule has 5 nitrogen and oxygen atoms in total. The Kier molecular flexibility index (Phi) is 6.19. The molecule has 24 heavy (non-hydrogen) atoms. The monoisotopic (exact) mass is 327 g/mol. The number of carbonyl (C=O) groups excluding carboxylic acids is 2. The molecule has 2 amide bonds. The largest absolute Gasteiger partial charge is 0.352 e. The maximum atomic E-state index is 13.2. The predicted octanol–water partition coefficient (Wildman–Crippen LogP) is 2.77. The number of hydrogen-bond donors (Lipinski definition) is 2. The highest BCUT2D eigenvalue weighted by Crippen LogP contribution is 2.14. The van der Waals surface area contributed by atoms with Crippen molar-refractivity contribution in [1.29, 1.82) is 0 Å². The normalized spacial score (nSPS) is 11.0. The summed E-state index contributed by atoms with van der Waals surface area (Å²) in [4.78, 5) is 27.4. The van der Waals surface area contributed by atoms with Gasteiger partial charge in [0.1, 0.15) is 5.82 Å². The lowest BCUT2D eigenvalue weighted by molar-refractivity contribution is -0.117. The van der Waals surface area contributed by atoms with Gasteiger partial charge < -0.3 is 10.6 Å². The molecule has 2 rings (SSSR count). The first-order chi connectivity index (χ1) is 11.5. The zero-order valence-electron chi connectivity index (χ0n) is 13.3. The van der Waals surface area contributed by atoms with Gasteiger partial charge in [0.25, 0.3) is 0 Å². The Morgan fingerprint density at radius 1 is 1.21 bits per heavy atom. The summed E-state index contributed by atoms with van der Waals surface area (Å²) in [5, 5.41) is 5.33. The fourth-order valence-corrected chi connectivity index (χ4v) is 2.02. The summed E-state index contributed by atoms with van der Waals surface area (Å²) in [6.07, 6.45) is 4.70. The maximum Gasteiger partial charge on any atom is 0.244 e. The molecule has 0 spiro atoms. The van der Waals surface area contributed by atoms with Gasteiger partial charge in [-0.25, -0.2) is 4.39 Å². The van der Waals surface area contributed by atoms with Crippen molar-refractivity contribution in [3.05, 3.63) is 66.2 Å². The van der Waals surface area contributed by atoms with Crippen molar-refractivity contribution in [1.82, 2.24) is 10.3 Å². The molecule has 6 heteroatoms. The number of carbonyl (C=O) groups is 2. The Labute approximate surface area is 139 Å². The van der Waals surface area contributed by atoms with Gasteiger partial charge in [-0.2, -0.15) is 0 Å². The van der Waals surface area contributed by atoms with E-state index in [2.05, 4.69) is 15.6 Å². The molecule has 0 radical (unpaired) electrons. The lowest BCUT2D eigenvalue weighted by atomic mass is 10.1. The number of benzene rings is 1. The van der Waals surface area contributed by atoms with Gasteiger partial charge in [0.05, 0.1) is 0 Å². The second kappa shape index (κ2) is 8.57. The second-order valence-electron chi connectivity index (χ2n) is 5.16. The molecule has 2 aromatic rings. The number of nitrogens with one attached hydrogen (secondary N) is 2. The van der Waals surface area contributed by atoms with Crippen LogP contribution >= 0.6 is 0 Å². The van der Waals surface area contributed by atoms with E-state index in [0.29, 0.717) is 16.8 Å². The van der Waals surface area contributed by atoms with Gasteiger partial charge in [-0.15, -0.1) is 0 Å². The van der Waals surface area contributed by atoms with Gasteiger partial charge in [0, 0.05) is 37.1 Å². The highest BCUT2D eigenvalue weighted by atomic mass is 19.1. The van der Waals surface area contributed by atoms with Gasteiger partial charge in [0.15, 0.2) is 0 Å². The van der Waals surface area contributed by atoms with Gasteiger partial charge >= 0.3 is 0 Å². The van der Waals surface area contributed by atoms with Crippen LogP contribution in [0.5, 0.6) is 0 Å². The summed E-state index contributed by atoms with van der Waals surface area (Å²) in [5.41, 5.74) is 1.94. The first kappa shape index (κ1) is 17.3. The third-order valence-electron chi connectivity index (χ3n) is 3.24. The van der Waals surface area contributed by atoms with Crippen molar-refractivity contribution < 1.29 is 14.0 Å². The molecule has 0 atom stereocenters. The third-order valence-corrected chi connectivity index (χ3v) is 3.24. The molecular formula is C18H18FN3O2. The van der Waals surface area contributed by atoms with Crippen molar-refractivity contribution in [3.63, 3.8) is 0 Å². The highest BCUT2D eigenvalue weighted by Gasteiger charge is 2.05. The first-order valence-electron chi connectivity index (χ1n) is 7.46. The second-order valence-corrected chi connectivity index (χ2v) is 5.16. The van der Waals surface area contributed by atoms with Gasteiger partial charge in [-0.3, -0.25) is 14.6 Å². The molecule has 2 N–H and O–H groups in total. The van der Waals surface area contributed by atoms with Crippen LogP contribution in [-0.4, -0.2) is 23.3 Å². The minimum absolute atomic E-state index is 0.154. The molecular weight excluding hydrogens is 309 g/mol. The van der Waals surface area contributed by atoms with Crippen LogP contribution in [0, 0.1) is 5.82 Å². The van der Waals surface area contributed by atoms with E-state index in [1.165, 1.54) is 18.2 Å². The van der Waals surface area contributed by atoms with Crippen LogP contribution in [0.1, 0.15) is 18.9 Å². The number of anilines is 1. The quantitative estimate of drug-likeness (QED) is 0.802. The van der Waals surface area contributed by atoms with Crippen LogP contribution in [0.4, 0.5) is 10.1 Å². The van der Waals surface area contributed by atoms with E-state index < -0.39 is 0 Å². The number of amides is 2. The minimum Gasteiger partial charge on any atom is -0.352 e. The summed E-state index contributed by atoms with van der Waals surface area (Å²) in [6, 6.07) is 9.39. The molecule has 1 heterocycles. The number of pyridine rings is 1. The van der Waals surface area contributed by atoms with E-state index in [1.807, 2.05) is 0 Å². The number of allylic oxidation sites excluding steroid dienone is 1. The number of rotatable bonds is 6. The van der Waals surface area contributed by atoms with E-state index in [4.69, 9.17) is 0 Å². The standard InChI is InChI=1S/C18H18FN3O2/c1-13(14-3-2-4-15(19)12-14)11-18(24)21-10-7-17(23)22-16-5-8-20-9-6-16/h2-6,8-9,11-12H,7,10H2,1H3,(H,21,24)(H,20,22,23). The van der Waals surface area contributed by atoms with Crippen molar-refractivity contribution in [2.75, 3.05) is 11.9 Å². The fraction of sp³-hybridized carbons (Fsp3) is 0.167. The van der Waals surface area contributed by atoms with E-state index in [-0.39, 0.29) is 30.6 Å². The summed E-state index contributed by atoms with van der Waals surface area (Å²) < 4.78 is 13.2. The van der Waals surface area contributed by atoms with Crippen LogP contribution in [-0.2, 0) is 9.59 Å². The van der Waals surface area contributed by atoms with Crippen molar-refractivity contribution >= 4 is 23.1 Å². The van der Waals surface area contributed by atoms with E-state index in [1.54, 1.807) is 43.6 Å². The SMILES string of the molecule is CC(=CC(=O)NCCC(=O)Nc1ccncc1)c1cccc(F)c1. The lowest BCUT2D eigenvalue weighted by Crippen LogP contribution is -2.26. The van der Waals surface area contributed by atoms with Crippen LogP contribution in [0.2, 0.25) is 0 Å². The lowest BCUT2D eigenvalue weighted by Gasteiger charge is -2.06. The van der Waals surface area contributed by atoms with E-state index in [0.717, 1.165) is 0 Å². The Morgan fingerprint density at radius 2 is 1.96 bits per heavy atom. The van der Waals surface area contributed by atoms with Gasteiger partial charge in [-0.1, -0.05) is 12.1 Å². The number of halogens is 1. The molecule has 0 unspecified atom stereocenters. The average molecular weight is 327 g/mol. The Hall–Kier alpha value is -3.02. The fourth-order valence-electron chi connectivity index (χ4n) is 2.02. The molecule has 0 saturated heterocycles. The topological polar surface area (TPSA) is 71.1 Å².